The minimum atomic E-state index is -0.340. The molecule has 1 N–H and O–H groups in total. The van der Waals surface area contributed by atoms with E-state index in [0.29, 0.717) is 58.8 Å². The van der Waals surface area contributed by atoms with Gasteiger partial charge in [0, 0.05) is 45.3 Å². The molecule has 2 fully saturated rings. The molecule has 23 heavy (non-hydrogen) atoms. The van der Waals surface area contributed by atoms with Gasteiger partial charge in [-0.2, -0.15) is 0 Å². The predicted octanol–water partition coefficient (Wildman–Crippen LogP) is -0.170. The molecule has 2 aliphatic heterocycles. The molecular formula is C15H25N3O5. The Bertz CT molecular complexity index is 429. The van der Waals surface area contributed by atoms with Crippen molar-refractivity contribution in [2.24, 2.45) is 5.92 Å². The lowest BCUT2D eigenvalue weighted by molar-refractivity contribution is -0.135. The summed E-state index contributed by atoms with van der Waals surface area (Å²) in [7, 11) is 0. The second-order valence-corrected chi connectivity index (χ2v) is 5.67. The van der Waals surface area contributed by atoms with Crippen LogP contribution in [0.1, 0.15) is 19.8 Å². The topological polar surface area (TPSA) is 88.2 Å². The second-order valence-electron chi connectivity index (χ2n) is 5.67. The summed E-state index contributed by atoms with van der Waals surface area (Å²) in [6.45, 7) is 5.15. The molecule has 0 aromatic carbocycles. The summed E-state index contributed by atoms with van der Waals surface area (Å²) in [6.07, 6.45) is 1.07. The molecule has 3 amide bonds. The molecule has 0 bridgehead atoms. The average Bonchev–Trinajstić information content (AvgIpc) is 2.60. The zero-order valence-corrected chi connectivity index (χ0v) is 13.6. The minimum Gasteiger partial charge on any atom is -0.450 e. The molecule has 0 radical (unpaired) electrons. The first-order chi connectivity index (χ1) is 11.1. The number of amides is 3. The van der Waals surface area contributed by atoms with E-state index in [1.165, 1.54) is 0 Å². The van der Waals surface area contributed by atoms with Gasteiger partial charge in [-0.1, -0.05) is 0 Å². The molecule has 130 valence electrons. The Kier molecular flexibility index (Phi) is 6.64. The highest BCUT2D eigenvalue weighted by Crippen LogP contribution is 2.14. The Morgan fingerprint density at radius 1 is 1.09 bits per heavy atom. The number of ether oxygens (including phenoxy) is 2. The van der Waals surface area contributed by atoms with E-state index >= 15 is 0 Å². The van der Waals surface area contributed by atoms with Gasteiger partial charge in [0.05, 0.1) is 13.2 Å². The third kappa shape index (κ3) is 5.09. The van der Waals surface area contributed by atoms with Crippen LogP contribution in [0.2, 0.25) is 0 Å². The van der Waals surface area contributed by atoms with Gasteiger partial charge in [0.25, 0.3) is 0 Å². The minimum absolute atomic E-state index is 0.00952. The fourth-order valence-electron chi connectivity index (χ4n) is 2.73. The van der Waals surface area contributed by atoms with Crippen molar-refractivity contribution in [3.05, 3.63) is 0 Å². The lowest BCUT2D eigenvalue weighted by atomic mass is 9.99. The molecule has 0 spiro atoms. The molecule has 8 nitrogen and oxygen atoms in total. The van der Waals surface area contributed by atoms with Crippen LogP contribution in [-0.4, -0.2) is 80.3 Å². The fraction of sp³-hybridized carbons (Fsp3) is 0.800. The molecule has 2 rings (SSSR count). The van der Waals surface area contributed by atoms with Crippen LogP contribution in [0.4, 0.5) is 4.79 Å². The number of nitrogens with zero attached hydrogens (tertiary/aromatic N) is 2. The van der Waals surface area contributed by atoms with E-state index in [2.05, 4.69) is 5.32 Å². The SMILES string of the molecule is CCOC(=O)N1CCN(C(=O)CNC(=O)C2CCOCC2)CC1. The summed E-state index contributed by atoms with van der Waals surface area (Å²) < 4.78 is 10.2. The van der Waals surface area contributed by atoms with Gasteiger partial charge >= 0.3 is 6.09 Å². The van der Waals surface area contributed by atoms with Crippen molar-refractivity contribution < 1.29 is 23.9 Å². The molecule has 0 aromatic heterocycles. The maximum absolute atomic E-state index is 12.1. The smallest absolute Gasteiger partial charge is 0.409 e. The summed E-state index contributed by atoms with van der Waals surface area (Å²) in [5, 5.41) is 2.71. The average molecular weight is 327 g/mol. The first kappa shape index (κ1) is 17.5. The predicted molar refractivity (Wildman–Crippen MR) is 81.7 cm³/mol. The first-order valence-electron chi connectivity index (χ1n) is 8.16. The lowest BCUT2D eigenvalue weighted by Crippen LogP contribution is -2.53. The highest BCUT2D eigenvalue weighted by molar-refractivity contribution is 5.86. The maximum atomic E-state index is 12.1. The maximum Gasteiger partial charge on any atom is 0.409 e. The van der Waals surface area contributed by atoms with Crippen molar-refractivity contribution in [3.8, 4) is 0 Å². The third-order valence-electron chi connectivity index (χ3n) is 4.16. The molecule has 8 heteroatoms. The van der Waals surface area contributed by atoms with Gasteiger partial charge in [0.15, 0.2) is 0 Å². The summed E-state index contributed by atoms with van der Waals surface area (Å²) in [5.41, 5.74) is 0. The van der Waals surface area contributed by atoms with Gasteiger partial charge in [-0.15, -0.1) is 0 Å². The van der Waals surface area contributed by atoms with Gasteiger partial charge in [-0.3, -0.25) is 9.59 Å². The van der Waals surface area contributed by atoms with Gasteiger partial charge in [0.1, 0.15) is 0 Å². The Labute approximate surface area is 136 Å². The number of carbonyl (C=O) groups is 3. The molecule has 0 atom stereocenters. The van der Waals surface area contributed by atoms with E-state index in [1.807, 2.05) is 0 Å². The monoisotopic (exact) mass is 327 g/mol. The van der Waals surface area contributed by atoms with E-state index in [-0.39, 0.29) is 30.4 Å². The van der Waals surface area contributed by atoms with E-state index < -0.39 is 0 Å². The van der Waals surface area contributed by atoms with Crippen LogP contribution < -0.4 is 5.32 Å². The fourth-order valence-corrected chi connectivity index (χ4v) is 2.73. The number of rotatable bonds is 4. The summed E-state index contributed by atoms with van der Waals surface area (Å²) in [6, 6.07) is 0. The van der Waals surface area contributed by atoms with E-state index in [4.69, 9.17) is 9.47 Å². The summed E-state index contributed by atoms with van der Waals surface area (Å²) in [4.78, 5) is 39.0. The van der Waals surface area contributed by atoms with Crippen molar-refractivity contribution >= 4 is 17.9 Å². The molecule has 2 heterocycles. The number of carbonyl (C=O) groups excluding carboxylic acids is 3. The first-order valence-corrected chi connectivity index (χ1v) is 8.16. The van der Waals surface area contributed by atoms with Crippen LogP contribution >= 0.6 is 0 Å². The highest BCUT2D eigenvalue weighted by Gasteiger charge is 2.26. The van der Waals surface area contributed by atoms with Crippen LogP contribution in [0.15, 0.2) is 0 Å². The quantitative estimate of drug-likeness (QED) is 0.774. The zero-order valence-electron chi connectivity index (χ0n) is 13.6. The number of nitrogens with one attached hydrogen (secondary N) is 1. The molecule has 2 saturated heterocycles. The normalized spacial score (nSPS) is 19.3. The van der Waals surface area contributed by atoms with Gasteiger partial charge < -0.3 is 24.6 Å². The molecular weight excluding hydrogens is 302 g/mol. The molecule has 0 aliphatic carbocycles. The molecule has 0 aromatic rings. The molecule has 2 aliphatic rings. The Hall–Kier alpha value is -1.83. The number of piperazine rings is 1. The zero-order chi connectivity index (χ0) is 16.7. The number of hydrogen-bond donors (Lipinski definition) is 1. The Morgan fingerprint density at radius 2 is 1.70 bits per heavy atom. The van der Waals surface area contributed by atoms with Gasteiger partial charge in [-0.25, -0.2) is 4.79 Å². The number of hydrogen-bond acceptors (Lipinski definition) is 5. The van der Waals surface area contributed by atoms with Crippen molar-refractivity contribution in [1.29, 1.82) is 0 Å². The summed E-state index contributed by atoms with van der Waals surface area (Å²) >= 11 is 0. The molecule has 0 saturated carbocycles. The standard InChI is InChI=1S/C15H25N3O5/c1-2-23-15(21)18-7-5-17(6-8-18)13(19)11-16-14(20)12-3-9-22-10-4-12/h12H,2-11H2,1H3,(H,16,20). The van der Waals surface area contributed by atoms with Crippen molar-refractivity contribution in [2.75, 3.05) is 52.5 Å². The van der Waals surface area contributed by atoms with E-state index in [1.54, 1.807) is 16.7 Å². The largest absolute Gasteiger partial charge is 0.450 e. The van der Waals surface area contributed by atoms with Crippen molar-refractivity contribution in [1.82, 2.24) is 15.1 Å². The summed E-state index contributed by atoms with van der Waals surface area (Å²) in [5.74, 6) is -0.252. The van der Waals surface area contributed by atoms with Gasteiger partial charge in [0.2, 0.25) is 11.8 Å². The van der Waals surface area contributed by atoms with Crippen LogP contribution in [0, 0.1) is 5.92 Å². The van der Waals surface area contributed by atoms with Crippen molar-refractivity contribution in [3.63, 3.8) is 0 Å². The Balaban J connectivity index is 1.68. The lowest BCUT2D eigenvalue weighted by Gasteiger charge is -2.34. The van der Waals surface area contributed by atoms with Crippen LogP contribution in [0.5, 0.6) is 0 Å². The molecule has 0 unspecified atom stereocenters. The second kappa shape index (κ2) is 8.71. The Morgan fingerprint density at radius 3 is 2.30 bits per heavy atom. The van der Waals surface area contributed by atoms with E-state index in [9.17, 15) is 14.4 Å². The van der Waals surface area contributed by atoms with Gasteiger partial charge in [-0.05, 0) is 19.8 Å². The third-order valence-corrected chi connectivity index (χ3v) is 4.16. The van der Waals surface area contributed by atoms with Crippen LogP contribution in [0.3, 0.4) is 0 Å². The van der Waals surface area contributed by atoms with Crippen molar-refractivity contribution in [2.45, 2.75) is 19.8 Å². The van der Waals surface area contributed by atoms with Crippen LogP contribution in [-0.2, 0) is 19.1 Å². The van der Waals surface area contributed by atoms with E-state index in [0.717, 1.165) is 0 Å². The highest BCUT2D eigenvalue weighted by atomic mass is 16.6. The van der Waals surface area contributed by atoms with Crippen LogP contribution in [0.25, 0.3) is 0 Å².